The topological polar surface area (TPSA) is 104 Å². The molecule has 2 N–H and O–H groups in total. The first kappa shape index (κ1) is 16.3. The lowest BCUT2D eigenvalue weighted by Crippen LogP contribution is -2.46. The molecule has 1 heterocycles. The second-order valence-electron chi connectivity index (χ2n) is 5.51. The third-order valence-corrected chi connectivity index (χ3v) is 5.81. The first-order valence-corrected chi connectivity index (χ1v) is 8.87. The molecule has 2 aromatic rings. The number of carboxylic acid groups (broad SMARTS) is 1. The van der Waals surface area contributed by atoms with Gasteiger partial charge in [-0.1, -0.05) is 31.2 Å². The van der Waals surface area contributed by atoms with Gasteiger partial charge in [0.2, 0.25) is 5.91 Å². The number of aliphatic carboxylic acids is 1. The average Bonchev–Trinajstić information content (AvgIpc) is 2.76. The maximum absolute atomic E-state index is 12.7. The van der Waals surface area contributed by atoms with Gasteiger partial charge in [-0.25, -0.2) is 13.2 Å². The Labute approximate surface area is 138 Å². The van der Waals surface area contributed by atoms with Crippen molar-refractivity contribution < 1.29 is 23.1 Å². The molecule has 0 aliphatic carbocycles. The van der Waals surface area contributed by atoms with Gasteiger partial charge in [0.15, 0.2) is 0 Å². The average molecular weight is 348 g/mol. The van der Waals surface area contributed by atoms with Gasteiger partial charge < -0.3 is 10.4 Å². The summed E-state index contributed by atoms with van der Waals surface area (Å²) in [6.45, 7) is 1.17. The second kappa shape index (κ2) is 5.79. The Morgan fingerprint density at radius 1 is 1.21 bits per heavy atom. The van der Waals surface area contributed by atoms with E-state index >= 15 is 0 Å². The standard InChI is InChI=1S/C16H16N2O5S/c1-2-11(16(20)21)17-14(19)9-18-12-7-3-5-10-6-4-8-13(15(10)12)24(18,22)23/h3-8,11H,2,9H2,1H3,(H,17,19)(H,20,21). The van der Waals surface area contributed by atoms with Crippen molar-refractivity contribution in [2.45, 2.75) is 24.3 Å². The number of carboxylic acids is 1. The van der Waals surface area contributed by atoms with Gasteiger partial charge in [-0.15, -0.1) is 0 Å². The van der Waals surface area contributed by atoms with Crippen LogP contribution in [0.5, 0.6) is 0 Å². The molecule has 0 spiro atoms. The molecule has 126 valence electrons. The molecule has 1 unspecified atom stereocenters. The highest BCUT2D eigenvalue weighted by molar-refractivity contribution is 7.93. The summed E-state index contributed by atoms with van der Waals surface area (Å²) in [5, 5.41) is 12.7. The molecule has 3 rings (SSSR count). The molecule has 24 heavy (non-hydrogen) atoms. The van der Waals surface area contributed by atoms with Crippen molar-refractivity contribution in [3.63, 3.8) is 0 Å². The molecular weight excluding hydrogens is 332 g/mol. The number of anilines is 1. The summed E-state index contributed by atoms with van der Waals surface area (Å²) in [6.07, 6.45) is 0.212. The maximum atomic E-state index is 12.7. The molecule has 0 fully saturated rings. The van der Waals surface area contributed by atoms with Crippen LogP contribution >= 0.6 is 0 Å². The van der Waals surface area contributed by atoms with E-state index in [9.17, 15) is 18.0 Å². The Morgan fingerprint density at radius 2 is 1.88 bits per heavy atom. The lowest BCUT2D eigenvalue weighted by atomic mass is 10.1. The first-order chi connectivity index (χ1) is 11.4. The highest BCUT2D eigenvalue weighted by Gasteiger charge is 2.37. The van der Waals surface area contributed by atoms with E-state index in [1.807, 2.05) is 0 Å². The molecule has 0 saturated carbocycles. The van der Waals surface area contributed by atoms with E-state index in [0.717, 1.165) is 9.69 Å². The van der Waals surface area contributed by atoms with Crippen LogP contribution in [0.25, 0.3) is 10.8 Å². The number of benzene rings is 2. The molecule has 0 radical (unpaired) electrons. The third kappa shape index (κ3) is 2.48. The number of sulfonamides is 1. The van der Waals surface area contributed by atoms with Crippen molar-refractivity contribution in [3.8, 4) is 0 Å². The SMILES string of the molecule is CCC(NC(=O)CN1c2cccc3cccc(c23)S1(=O)=O)C(=O)O. The summed E-state index contributed by atoms with van der Waals surface area (Å²) in [7, 11) is -3.83. The lowest BCUT2D eigenvalue weighted by molar-refractivity contribution is -0.141. The van der Waals surface area contributed by atoms with E-state index in [4.69, 9.17) is 5.11 Å². The lowest BCUT2D eigenvalue weighted by Gasteiger charge is -2.20. The van der Waals surface area contributed by atoms with Crippen molar-refractivity contribution in [2.24, 2.45) is 0 Å². The van der Waals surface area contributed by atoms with Gasteiger partial charge in [0, 0.05) is 5.39 Å². The molecular formula is C16H16N2O5S. The predicted octanol–water partition coefficient (Wildman–Crippen LogP) is 1.33. The molecule has 1 atom stereocenters. The number of hydrogen-bond donors (Lipinski definition) is 2. The Bertz CT molecular complexity index is 933. The van der Waals surface area contributed by atoms with Crippen LogP contribution in [0.1, 0.15) is 13.3 Å². The minimum atomic E-state index is -3.83. The minimum Gasteiger partial charge on any atom is -0.480 e. The molecule has 1 aliphatic rings. The Hall–Kier alpha value is -2.61. The number of hydrogen-bond acceptors (Lipinski definition) is 4. The van der Waals surface area contributed by atoms with Gasteiger partial charge in [-0.3, -0.25) is 9.10 Å². The Morgan fingerprint density at radius 3 is 2.50 bits per heavy atom. The van der Waals surface area contributed by atoms with Crippen LogP contribution in [0.3, 0.4) is 0 Å². The summed E-state index contributed by atoms with van der Waals surface area (Å²) in [5.41, 5.74) is 0.432. The number of carbonyl (C=O) groups excluding carboxylic acids is 1. The van der Waals surface area contributed by atoms with Gasteiger partial charge in [0.25, 0.3) is 10.0 Å². The van der Waals surface area contributed by atoms with Crippen LogP contribution in [0.15, 0.2) is 41.3 Å². The van der Waals surface area contributed by atoms with E-state index in [2.05, 4.69) is 5.32 Å². The highest BCUT2D eigenvalue weighted by Crippen LogP contribution is 2.41. The van der Waals surface area contributed by atoms with Crippen molar-refractivity contribution in [2.75, 3.05) is 10.8 Å². The largest absolute Gasteiger partial charge is 0.480 e. The van der Waals surface area contributed by atoms with E-state index < -0.39 is 34.5 Å². The fourth-order valence-electron chi connectivity index (χ4n) is 2.84. The number of amides is 1. The van der Waals surface area contributed by atoms with Crippen LogP contribution in [0.2, 0.25) is 0 Å². The van der Waals surface area contributed by atoms with E-state index in [-0.39, 0.29) is 11.3 Å². The summed E-state index contributed by atoms with van der Waals surface area (Å²) in [4.78, 5) is 23.3. The fourth-order valence-corrected chi connectivity index (χ4v) is 4.50. The Balaban J connectivity index is 1.95. The maximum Gasteiger partial charge on any atom is 0.326 e. The van der Waals surface area contributed by atoms with Gasteiger partial charge >= 0.3 is 5.97 Å². The molecule has 0 saturated heterocycles. The van der Waals surface area contributed by atoms with Crippen molar-refractivity contribution in [1.29, 1.82) is 0 Å². The summed E-state index contributed by atoms with van der Waals surface area (Å²) < 4.78 is 26.5. The number of rotatable bonds is 5. The van der Waals surface area contributed by atoms with Crippen LogP contribution < -0.4 is 9.62 Å². The van der Waals surface area contributed by atoms with Crippen LogP contribution in [0.4, 0.5) is 5.69 Å². The van der Waals surface area contributed by atoms with Gasteiger partial charge in [-0.05, 0) is 23.9 Å². The second-order valence-corrected chi connectivity index (χ2v) is 7.34. The van der Waals surface area contributed by atoms with Crippen LogP contribution in [-0.4, -0.2) is 38.0 Å². The molecule has 2 aromatic carbocycles. The van der Waals surface area contributed by atoms with Crippen molar-refractivity contribution in [3.05, 3.63) is 36.4 Å². The Kier molecular flexibility index (Phi) is 3.92. The van der Waals surface area contributed by atoms with E-state index in [1.54, 1.807) is 37.3 Å². The van der Waals surface area contributed by atoms with Crippen LogP contribution in [-0.2, 0) is 19.6 Å². The smallest absolute Gasteiger partial charge is 0.326 e. The van der Waals surface area contributed by atoms with Crippen molar-refractivity contribution >= 4 is 38.4 Å². The summed E-state index contributed by atoms with van der Waals surface area (Å²) in [5.74, 6) is -1.81. The van der Waals surface area contributed by atoms with Gasteiger partial charge in [0.1, 0.15) is 12.6 Å². The molecule has 1 aliphatic heterocycles. The highest BCUT2D eigenvalue weighted by atomic mass is 32.2. The van der Waals surface area contributed by atoms with Crippen LogP contribution in [0, 0.1) is 0 Å². The number of nitrogens with one attached hydrogen (secondary N) is 1. The zero-order valence-electron chi connectivity index (χ0n) is 12.9. The van der Waals surface area contributed by atoms with E-state index in [1.165, 1.54) is 6.07 Å². The normalized spacial score (nSPS) is 16.1. The molecule has 0 aromatic heterocycles. The molecule has 0 bridgehead atoms. The molecule has 1 amide bonds. The number of nitrogens with zero attached hydrogens (tertiary/aromatic N) is 1. The quantitative estimate of drug-likeness (QED) is 0.848. The first-order valence-electron chi connectivity index (χ1n) is 7.43. The molecule has 8 heteroatoms. The number of carbonyl (C=O) groups is 2. The monoisotopic (exact) mass is 348 g/mol. The van der Waals surface area contributed by atoms with Crippen molar-refractivity contribution in [1.82, 2.24) is 5.32 Å². The zero-order valence-corrected chi connectivity index (χ0v) is 13.7. The zero-order chi connectivity index (χ0) is 17.5. The predicted molar refractivity (Wildman–Crippen MR) is 88.3 cm³/mol. The molecule has 7 nitrogen and oxygen atoms in total. The minimum absolute atomic E-state index is 0.161. The summed E-state index contributed by atoms with van der Waals surface area (Å²) >= 11 is 0. The summed E-state index contributed by atoms with van der Waals surface area (Å²) in [6, 6.07) is 9.08. The fraction of sp³-hybridized carbons (Fsp3) is 0.250. The van der Waals surface area contributed by atoms with Gasteiger partial charge in [0.05, 0.1) is 10.6 Å². The van der Waals surface area contributed by atoms with E-state index in [0.29, 0.717) is 11.1 Å². The van der Waals surface area contributed by atoms with Gasteiger partial charge in [-0.2, -0.15) is 0 Å². The third-order valence-electron chi connectivity index (χ3n) is 4.01.